The zero-order valence-electron chi connectivity index (χ0n) is 16.9. The number of fused-ring (bicyclic) bond motifs is 3. The first kappa shape index (κ1) is 20.2. The highest BCUT2D eigenvalue weighted by Crippen LogP contribution is 2.34. The third kappa shape index (κ3) is 3.28. The van der Waals surface area contributed by atoms with E-state index in [4.69, 9.17) is 16.3 Å². The molecule has 4 rings (SSSR count). The average molecular weight is 432 g/mol. The average Bonchev–Trinajstić information content (AvgIpc) is 3.21. The van der Waals surface area contributed by atoms with Crippen LogP contribution in [-0.2, 0) is 20.9 Å². The second-order valence-corrected chi connectivity index (χ2v) is 7.74. The number of nitrogens with zero attached hydrogens (tertiary/aromatic N) is 5. The number of aliphatic imine (C=N–C) groups is 1. The maximum Gasteiger partial charge on any atom is 0.328 e. The number of urea groups is 1. The molecule has 9 nitrogen and oxygen atoms in total. The first-order valence-electron chi connectivity index (χ1n) is 9.62. The molecule has 0 spiro atoms. The fourth-order valence-corrected chi connectivity index (χ4v) is 3.98. The summed E-state index contributed by atoms with van der Waals surface area (Å²) in [5.74, 6) is -0.250. The second-order valence-electron chi connectivity index (χ2n) is 7.30. The lowest BCUT2D eigenvalue weighted by Crippen LogP contribution is -2.63. The molecule has 0 N–H and O–H groups in total. The van der Waals surface area contributed by atoms with Crippen LogP contribution in [0.15, 0.2) is 41.2 Å². The van der Waals surface area contributed by atoms with Crippen molar-refractivity contribution >= 4 is 35.5 Å². The van der Waals surface area contributed by atoms with E-state index in [1.165, 1.54) is 9.80 Å². The first-order valence-corrected chi connectivity index (χ1v) is 10.00. The molecule has 0 radical (unpaired) electrons. The third-order valence-corrected chi connectivity index (χ3v) is 5.60. The number of ether oxygens (including phenoxy) is 1. The second kappa shape index (κ2) is 7.64. The predicted molar refractivity (Wildman–Crippen MR) is 109 cm³/mol. The van der Waals surface area contributed by atoms with Gasteiger partial charge in [-0.2, -0.15) is 0 Å². The maximum atomic E-state index is 13.3. The van der Waals surface area contributed by atoms with E-state index in [9.17, 15) is 14.4 Å². The topological polar surface area (TPSA) is 85.8 Å². The number of allylic oxidation sites excluding steroid dienone is 1. The van der Waals surface area contributed by atoms with Gasteiger partial charge in [-0.3, -0.25) is 14.5 Å². The Labute approximate surface area is 179 Å². The van der Waals surface area contributed by atoms with E-state index in [-0.39, 0.29) is 31.6 Å². The lowest BCUT2D eigenvalue weighted by molar-refractivity contribution is -0.143. The number of guanidine groups is 1. The molecule has 3 amide bonds. The lowest BCUT2D eigenvalue weighted by Gasteiger charge is -2.40. The van der Waals surface area contributed by atoms with Crippen molar-refractivity contribution in [2.24, 2.45) is 4.99 Å². The minimum absolute atomic E-state index is 0.00864. The largest absolute Gasteiger partial charge is 0.465 e. The van der Waals surface area contributed by atoms with Crippen LogP contribution in [0.2, 0.25) is 5.02 Å². The van der Waals surface area contributed by atoms with Crippen LogP contribution >= 0.6 is 11.6 Å². The van der Waals surface area contributed by atoms with E-state index in [2.05, 4.69) is 4.99 Å². The smallest absolute Gasteiger partial charge is 0.328 e. The van der Waals surface area contributed by atoms with Gasteiger partial charge in [0.05, 0.1) is 13.2 Å². The van der Waals surface area contributed by atoms with Gasteiger partial charge < -0.3 is 19.4 Å². The summed E-state index contributed by atoms with van der Waals surface area (Å²) < 4.78 is 5.04. The normalized spacial score (nSPS) is 22.8. The summed E-state index contributed by atoms with van der Waals surface area (Å²) in [5, 5.41) is 0.584. The maximum absolute atomic E-state index is 13.3. The molecule has 10 heteroatoms. The number of amides is 3. The van der Waals surface area contributed by atoms with Crippen LogP contribution in [0.4, 0.5) is 4.79 Å². The number of hydrogen-bond donors (Lipinski definition) is 0. The quantitative estimate of drug-likeness (QED) is 0.661. The molecule has 1 saturated heterocycles. The van der Waals surface area contributed by atoms with Crippen molar-refractivity contribution in [3.8, 4) is 0 Å². The standard InChI is InChI=1S/C20H22ClN5O4/c1-4-30-15(27)11-24-12(2)9-25-16-17(22-19(24)25)23(3)20(29)26(18(16)28)10-13-5-7-14(21)8-6-13/h5-9,16-17H,4,10-11H2,1-3H3. The van der Waals surface area contributed by atoms with Crippen molar-refractivity contribution in [1.29, 1.82) is 0 Å². The molecule has 2 atom stereocenters. The number of carbonyl (C=O) groups is 3. The molecule has 0 bridgehead atoms. The summed E-state index contributed by atoms with van der Waals surface area (Å²) >= 11 is 5.93. The number of likely N-dealkylation sites (N-methyl/N-ethyl adjacent to an activating group) is 1. The minimum Gasteiger partial charge on any atom is -0.465 e. The van der Waals surface area contributed by atoms with E-state index in [1.807, 2.05) is 6.92 Å². The monoisotopic (exact) mass is 431 g/mol. The van der Waals surface area contributed by atoms with Crippen LogP contribution in [0.3, 0.4) is 0 Å². The predicted octanol–water partition coefficient (Wildman–Crippen LogP) is 1.84. The Morgan fingerprint density at radius 2 is 1.90 bits per heavy atom. The van der Waals surface area contributed by atoms with Gasteiger partial charge in [0.25, 0.3) is 5.91 Å². The highest BCUT2D eigenvalue weighted by Gasteiger charge is 2.54. The van der Waals surface area contributed by atoms with Crippen molar-refractivity contribution in [2.45, 2.75) is 32.6 Å². The van der Waals surface area contributed by atoms with Gasteiger partial charge in [-0.15, -0.1) is 0 Å². The van der Waals surface area contributed by atoms with Gasteiger partial charge in [0.2, 0.25) is 5.96 Å². The molecule has 0 saturated carbocycles. The molecule has 30 heavy (non-hydrogen) atoms. The Hall–Kier alpha value is -3.07. The van der Waals surface area contributed by atoms with E-state index >= 15 is 0 Å². The van der Waals surface area contributed by atoms with Crippen molar-refractivity contribution in [3.63, 3.8) is 0 Å². The minimum atomic E-state index is -0.683. The molecule has 1 fully saturated rings. The van der Waals surface area contributed by atoms with Gasteiger partial charge in [-0.05, 0) is 31.5 Å². The van der Waals surface area contributed by atoms with Crippen molar-refractivity contribution in [3.05, 3.63) is 46.7 Å². The Morgan fingerprint density at radius 3 is 2.57 bits per heavy atom. The molecule has 3 heterocycles. The van der Waals surface area contributed by atoms with E-state index < -0.39 is 18.2 Å². The van der Waals surface area contributed by atoms with Gasteiger partial charge in [0, 0.05) is 24.0 Å². The Balaban J connectivity index is 1.59. The summed E-state index contributed by atoms with van der Waals surface area (Å²) in [5.41, 5.74) is 1.57. The number of hydrogen-bond acceptors (Lipinski definition) is 7. The van der Waals surface area contributed by atoms with Gasteiger partial charge in [0.15, 0.2) is 12.2 Å². The molecule has 2 unspecified atom stereocenters. The number of halogens is 1. The van der Waals surface area contributed by atoms with Crippen molar-refractivity contribution in [1.82, 2.24) is 19.6 Å². The van der Waals surface area contributed by atoms with Crippen molar-refractivity contribution < 1.29 is 19.1 Å². The third-order valence-electron chi connectivity index (χ3n) is 5.35. The summed E-state index contributed by atoms with van der Waals surface area (Å²) in [6, 6.07) is 5.91. The Kier molecular flexibility index (Phi) is 5.15. The fraction of sp³-hybridized carbons (Fsp3) is 0.400. The van der Waals surface area contributed by atoms with Crippen LogP contribution in [0.25, 0.3) is 0 Å². The number of esters is 1. The molecule has 158 valence electrons. The van der Waals surface area contributed by atoms with Gasteiger partial charge in [-0.25, -0.2) is 9.79 Å². The highest BCUT2D eigenvalue weighted by molar-refractivity contribution is 6.30. The molecule has 0 aromatic heterocycles. The van der Waals surface area contributed by atoms with Crippen LogP contribution in [0, 0.1) is 0 Å². The molecule has 1 aromatic carbocycles. The lowest BCUT2D eigenvalue weighted by atomic mass is 10.1. The van der Waals surface area contributed by atoms with Crippen molar-refractivity contribution in [2.75, 3.05) is 20.2 Å². The number of rotatable bonds is 5. The van der Waals surface area contributed by atoms with Crippen LogP contribution in [0.5, 0.6) is 0 Å². The van der Waals surface area contributed by atoms with E-state index in [1.54, 1.807) is 54.2 Å². The van der Waals surface area contributed by atoms with Gasteiger partial charge in [-0.1, -0.05) is 23.7 Å². The zero-order valence-corrected chi connectivity index (χ0v) is 17.7. The Bertz CT molecular complexity index is 960. The highest BCUT2D eigenvalue weighted by atomic mass is 35.5. The summed E-state index contributed by atoms with van der Waals surface area (Å²) in [6.45, 7) is 3.99. The molecular formula is C20H22ClN5O4. The molecule has 0 aliphatic carbocycles. The molecule has 3 aliphatic heterocycles. The summed E-state index contributed by atoms with van der Waals surface area (Å²) in [7, 11) is 1.62. The molecule has 1 aromatic rings. The molecular weight excluding hydrogens is 410 g/mol. The number of carbonyl (C=O) groups excluding carboxylic acids is 3. The van der Waals surface area contributed by atoms with Gasteiger partial charge >= 0.3 is 12.0 Å². The Morgan fingerprint density at radius 1 is 1.20 bits per heavy atom. The van der Waals surface area contributed by atoms with E-state index in [0.29, 0.717) is 11.0 Å². The number of benzene rings is 1. The van der Waals surface area contributed by atoms with Gasteiger partial charge in [0.1, 0.15) is 6.54 Å². The molecule has 3 aliphatic rings. The SMILES string of the molecule is CCOC(=O)CN1C(C)=CN2C1=NC1C2C(=O)N(Cc2ccc(Cl)cc2)C(=O)N1C. The summed E-state index contributed by atoms with van der Waals surface area (Å²) in [6.07, 6.45) is 1.13. The van der Waals surface area contributed by atoms with Crippen LogP contribution in [0.1, 0.15) is 19.4 Å². The van der Waals surface area contributed by atoms with Crippen LogP contribution in [-0.4, -0.2) is 75.9 Å². The first-order chi connectivity index (χ1) is 14.3. The fourth-order valence-electron chi connectivity index (χ4n) is 3.85. The summed E-state index contributed by atoms with van der Waals surface area (Å²) in [4.78, 5) is 48.9. The number of imide groups is 1. The zero-order chi connectivity index (χ0) is 21.6. The van der Waals surface area contributed by atoms with Crippen LogP contribution < -0.4 is 0 Å². The van der Waals surface area contributed by atoms with E-state index in [0.717, 1.165) is 11.3 Å².